The molecule has 0 amide bonds. The zero-order chi connectivity index (χ0) is 11.5. The van der Waals surface area contributed by atoms with Crippen LogP contribution in [0.1, 0.15) is 25.5 Å². The molecule has 0 radical (unpaired) electrons. The molecule has 2 aromatic heterocycles. The van der Waals surface area contributed by atoms with Crippen molar-refractivity contribution in [2.45, 2.75) is 26.0 Å². The molecule has 2 aromatic rings. The summed E-state index contributed by atoms with van der Waals surface area (Å²) in [5, 5.41) is 24.2. The Labute approximate surface area is 93.3 Å². The van der Waals surface area contributed by atoms with E-state index in [0.29, 0.717) is 18.2 Å². The number of rotatable bonds is 4. The maximum atomic E-state index is 9.92. The maximum Gasteiger partial charge on any atom is 0.179 e. The van der Waals surface area contributed by atoms with Crippen molar-refractivity contribution < 1.29 is 5.11 Å². The van der Waals surface area contributed by atoms with Crippen LogP contribution >= 0.6 is 0 Å². The number of nitrogens with one attached hydrogen (secondary N) is 1. The third kappa shape index (κ3) is 2.34. The molecule has 0 unspecified atom stereocenters. The predicted octanol–water partition coefficient (Wildman–Crippen LogP) is 0.156. The van der Waals surface area contributed by atoms with Gasteiger partial charge in [-0.25, -0.2) is 4.52 Å². The van der Waals surface area contributed by atoms with Gasteiger partial charge in [0.1, 0.15) is 0 Å². The molecular formula is C10H15N5O. The number of hydrogen-bond donors (Lipinski definition) is 2. The summed E-state index contributed by atoms with van der Waals surface area (Å²) in [7, 11) is 0. The molecule has 86 valence electrons. The second kappa shape index (κ2) is 4.54. The second-order valence-electron chi connectivity index (χ2n) is 4.02. The molecule has 0 spiro atoms. The van der Waals surface area contributed by atoms with E-state index in [1.165, 1.54) is 0 Å². The van der Waals surface area contributed by atoms with Crippen molar-refractivity contribution in [1.82, 2.24) is 25.4 Å². The number of hydrogen-bond acceptors (Lipinski definition) is 5. The van der Waals surface area contributed by atoms with Crippen LogP contribution in [-0.2, 0) is 0 Å². The Morgan fingerprint density at radius 2 is 2.25 bits per heavy atom. The molecule has 6 heteroatoms. The van der Waals surface area contributed by atoms with Crippen molar-refractivity contribution in [2.75, 3.05) is 6.54 Å². The van der Waals surface area contributed by atoms with Crippen molar-refractivity contribution in [3.8, 4) is 0 Å². The van der Waals surface area contributed by atoms with Crippen LogP contribution < -0.4 is 5.32 Å². The first kappa shape index (κ1) is 11.0. The van der Waals surface area contributed by atoms with E-state index in [1.54, 1.807) is 16.8 Å². The molecule has 1 atom stereocenters. The standard InChI is InChI=1S/C10H15N5O/c1-7(2)11-5-9(16)8-3-4-10-12-13-14-15(10)6-8/h3-4,6-7,9,11,16H,5H2,1-2H3/t9-/m0/s1. The smallest absolute Gasteiger partial charge is 0.179 e. The van der Waals surface area contributed by atoms with Gasteiger partial charge in [0, 0.05) is 24.3 Å². The van der Waals surface area contributed by atoms with Gasteiger partial charge in [0.05, 0.1) is 6.10 Å². The fourth-order valence-electron chi connectivity index (χ4n) is 1.42. The van der Waals surface area contributed by atoms with Crippen molar-refractivity contribution in [1.29, 1.82) is 0 Å². The minimum absolute atomic E-state index is 0.353. The summed E-state index contributed by atoms with van der Waals surface area (Å²) in [5.74, 6) is 0. The van der Waals surface area contributed by atoms with E-state index >= 15 is 0 Å². The lowest BCUT2D eigenvalue weighted by molar-refractivity contribution is 0.171. The quantitative estimate of drug-likeness (QED) is 0.769. The average Bonchev–Trinajstić information content (AvgIpc) is 2.72. The van der Waals surface area contributed by atoms with Crippen molar-refractivity contribution in [2.24, 2.45) is 0 Å². The van der Waals surface area contributed by atoms with Crippen LogP contribution in [0.25, 0.3) is 5.65 Å². The van der Waals surface area contributed by atoms with Gasteiger partial charge in [-0.1, -0.05) is 19.9 Å². The van der Waals surface area contributed by atoms with Gasteiger partial charge < -0.3 is 10.4 Å². The first-order chi connectivity index (χ1) is 7.66. The van der Waals surface area contributed by atoms with E-state index in [4.69, 9.17) is 0 Å². The van der Waals surface area contributed by atoms with E-state index in [1.807, 2.05) is 19.9 Å². The Balaban J connectivity index is 2.12. The summed E-state index contributed by atoms with van der Waals surface area (Å²) >= 11 is 0. The molecule has 0 aliphatic rings. The van der Waals surface area contributed by atoms with E-state index in [2.05, 4.69) is 20.8 Å². The summed E-state index contributed by atoms with van der Waals surface area (Å²) in [6, 6.07) is 3.97. The Morgan fingerprint density at radius 3 is 3.00 bits per heavy atom. The van der Waals surface area contributed by atoms with Crippen LogP contribution in [0, 0.1) is 0 Å². The lowest BCUT2D eigenvalue weighted by atomic mass is 10.1. The van der Waals surface area contributed by atoms with Crippen molar-refractivity contribution in [3.05, 3.63) is 23.9 Å². The number of aliphatic hydroxyl groups excluding tert-OH is 1. The molecule has 0 fully saturated rings. The van der Waals surface area contributed by atoms with E-state index in [-0.39, 0.29) is 0 Å². The average molecular weight is 221 g/mol. The highest BCUT2D eigenvalue weighted by atomic mass is 16.3. The Morgan fingerprint density at radius 1 is 1.44 bits per heavy atom. The number of pyridine rings is 1. The second-order valence-corrected chi connectivity index (χ2v) is 4.02. The molecule has 0 bridgehead atoms. The number of fused-ring (bicyclic) bond motifs is 1. The molecule has 16 heavy (non-hydrogen) atoms. The van der Waals surface area contributed by atoms with Gasteiger partial charge in [-0.05, 0) is 16.5 Å². The molecule has 2 N–H and O–H groups in total. The van der Waals surface area contributed by atoms with Gasteiger partial charge in [0.25, 0.3) is 0 Å². The van der Waals surface area contributed by atoms with Gasteiger partial charge in [0.2, 0.25) is 0 Å². The van der Waals surface area contributed by atoms with Gasteiger partial charge in [-0.2, -0.15) is 0 Å². The SMILES string of the molecule is CC(C)NC[C@H](O)c1ccc2nnnn2c1. The number of aliphatic hydroxyl groups is 1. The fourth-order valence-corrected chi connectivity index (χ4v) is 1.42. The normalized spacial score (nSPS) is 13.5. The van der Waals surface area contributed by atoms with Crippen molar-refractivity contribution >= 4 is 5.65 Å². The zero-order valence-corrected chi connectivity index (χ0v) is 9.33. The predicted molar refractivity (Wildman–Crippen MR) is 58.9 cm³/mol. The van der Waals surface area contributed by atoms with Crippen molar-refractivity contribution in [3.63, 3.8) is 0 Å². The summed E-state index contributed by atoms with van der Waals surface area (Å²) in [6.07, 6.45) is 1.19. The molecule has 0 aliphatic heterocycles. The van der Waals surface area contributed by atoms with E-state index in [0.717, 1.165) is 5.56 Å². The Bertz CT molecular complexity index is 467. The van der Waals surface area contributed by atoms with Gasteiger partial charge in [-0.15, -0.1) is 5.10 Å². The third-order valence-electron chi connectivity index (χ3n) is 2.32. The molecule has 0 saturated carbocycles. The highest BCUT2D eigenvalue weighted by Gasteiger charge is 2.09. The number of tetrazole rings is 1. The largest absolute Gasteiger partial charge is 0.387 e. The third-order valence-corrected chi connectivity index (χ3v) is 2.32. The molecule has 0 aliphatic carbocycles. The van der Waals surface area contributed by atoms with E-state index in [9.17, 15) is 5.11 Å². The summed E-state index contributed by atoms with van der Waals surface area (Å²) in [5.41, 5.74) is 1.47. The van der Waals surface area contributed by atoms with Gasteiger partial charge in [-0.3, -0.25) is 0 Å². The zero-order valence-electron chi connectivity index (χ0n) is 9.33. The van der Waals surface area contributed by atoms with Crippen LogP contribution in [0.3, 0.4) is 0 Å². The number of nitrogens with zero attached hydrogens (tertiary/aromatic N) is 4. The van der Waals surface area contributed by atoms with Crippen LogP contribution in [0.15, 0.2) is 18.3 Å². The highest BCUT2D eigenvalue weighted by molar-refractivity contribution is 5.36. The van der Waals surface area contributed by atoms with Crippen LogP contribution in [0.4, 0.5) is 0 Å². The Kier molecular flexibility index (Phi) is 3.12. The minimum Gasteiger partial charge on any atom is -0.387 e. The summed E-state index contributed by atoms with van der Waals surface area (Å²) in [6.45, 7) is 4.60. The monoisotopic (exact) mass is 221 g/mol. The minimum atomic E-state index is -0.545. The van der Waals surface area contributed by atoms with Gasteiger partial charge in [0.15, 0.2) is 5.65 Å². The molecule has 2 heterocycles. The Hall–Kier alpha value is -1.53. The lowest BCUT2D eigenvalue weighted by Gasteiger charge is -2.14. The van der Waals surface area contributed by atoms with Crippen LogP contribution in [-0.4, -0.2) is 37.7 Å². The topological polar surface area (TPSA) is 75.3 Å². The first-order valence-corrected chi connectivity index (χ1v) is 5.26. The van der Waals surface area contributed by atoms with Crippen LogP contribution in [0.5, 0.6) is 0 Å². The molecule has 0 saturated heterocycles. The molecule has 2 rings (SSSR count). The maximum absolute atomic E-state index is 9.92. The number of aromatic nitrogens is 4. The van der Waals surface area contributed by atoms with E-state index < -0.39 is 6.10 Å². The lowest BCUT2D eigenvalue weighted by Crippen LogP contribution is -2.28. The first-order valence-electron chi connectivity index (χ1n) is 5.26. The van der Waals surface area contributed by atoms with Gasteiger partial charge >= 0.3 is 0 Å². The summed E-state index contributed by atoms with van der Waals surface area (Å²) < 4.78 is 1.55. The molecular weight excluding hydrogens is 206 g/mol. The molecule has 0 aromatic carbocycles. The molecule has 6 nitrogen and oxygen atoms in total. The fraction of sp³-hybridized carbons (Fsp3) is 0.500. The highest BCUT2D eigenvalue weighted by Crippen LogP contribution is 2.12. The van der Waals surface area contributed by atoms with Crippen LogP contribution in [0.2, 0.25) is 0 Å². The summed E-state index contributed by atoms with van der Waals surface area (Å²) in [4.78, 5) is 0.